The summed E-state index contributed by atoms with van der Waals surface area (Å²) in [5, 5.41) is 17.7. The van der Waals surface area contributed by atoms with E-state index in [1.54, 1.807) is 13.2 Å². The number of hydrogen-bond acceptors (Lipinski definition) is 4. The van der Waals surface area contributed by atoms with Gasteiger partial charge >= 0.3 is 0 Å². The van der Waals surface area contributed by atoms with E-state index in [0.29, 0.717) is 24.1 Å². The SMILES string of the molecule is COc1cccc(O)c1CN1CCC[C@@H](c2[nH]ncc2C(C)C)C1. The number of rotatable bonds is 5. The summed E-state index contributed by atoms with van der Waals surface area (Å²) in [6, 6.07) is 5.45. The van der Waals surface area contributed by atoms with Crippen molar-refractivity contribution in [2.75, 3.05) is 20.2 Å². The first-order valence-electron chi connectivity index (χ1n) is 8.70. The minimum atomic E-state index is 0.306. The van der Waals surface area contributed by atoms with Crippen molar-refractivity contribution in [1.29, 1.82) is 0 Å². The maximum absolute atomic E-state index is 10.2. The van der Waals surface area contributed by atoms with Gasteiger partial charge in [0.1, 0.15) is 11.5 Å². The summed E-state index contributed by atoms with van der Waals surface area (Å²) in [5.41, 5.74) is 3.47. The van der Waals surface area contributed by atoms with Gasteiger partial charge in [-0.3, -0.25) is 10.00 Å². The number of methoxy groups -OCH3 is 1. The molecule has 2 aromatic rings. The maximum Gasteiger partial charge on any atom is 0.127 e. The number of piperidine rings is 1. The minimum Gasteiger partial charge on any atom is -0.507 e. The first kappa shape index (κ1) is 16.8. The lowest BCUT2D eigenvalue weighted by Crippen LogP contribution is -2.34. The summed E-state index contributed by atoms with van der Waals surface area (Å²) in [6.45, 7) is 7.14. The molecule has 0 aliphatic carbocycles. The number of H-pyrrole nitrogens is 1. The quantitative estimate of drug-likeness (QED) is 0.879. The molecule has 0 bridgehead atoms. The zero-order chi connectivity index (χ0) is 17.1. The van der Waals surface area contributed by atoms with Crippen LogP contribution in [-0.4, -0.2) is 40.4 Å². The second kappa shape index (κ2) is 7.26. The highest BCUT2D eigenvalue weighted by atomic mass is 16.5. The van der Waals surface area contributed by atoms with Crippen molar-refractivity contribution in [2.24, 2.45) is 0 Å². The summed E-state index contributed by atoms with van der Waals surface area (Å²) in [5.74, 6) is 2.00. The van der Waals surface area contributed by atoms with E-state index >= 15 is 0 Å². The van der Waals surface area contributed by atoms with E-state index in [0.717, 1.165) is 30.8 Å². The van der Waals surface area contributed by atoms with Gasteiger partial charge in [0.25, 0.3) is 0 Å². The van der Waals surface area contributed by atoms with Gasteiger partial charge in [-0.25, -0.2) is 0 Å². The Balaban J connectivity index is 1.76. The standard InChI is InChI=1S/C19H27N3O2/c1-13(2)15-10-20-21-19(15)14-6-5-9-22(11-14)12-16-17(23)7-4-8-18(16)24-3/h4,7-8,10,13-14,23H,5-6,9,11-12H2,1-3H3,(H,20,21)/t14-/m1/s1. The number of aromatic hydroxyl groups is 1. The molecule has 5 nitrogen and oxygen atoms in total. The maximum atomic E-state index is 10.2. The van der Waals surface area contributed by atoms with Crippen molar-refractivity contribution in [3.63, 3.8) is 0 Å². The van der Waals surface area contributed by atoms with Crippen LogP contribution in [0.4, 0.5) is 0 Å². The van der Waals surface area contributed by atoms with Gasteiger partial charge < -0.3 is 9.84 Å². The topological polar surface area (TPSA) is 61.4 Å². The van der Waals surface area contributed by atoms with Gasteiger partial charge in [0.15, 0.2) is 0 Å². The number of benzene rings is 1. The molecule has 1 aromatic heterocycles. The molecule has 1 atom stereocenters. The van der Waals surface area contributed by atoms with E-state index in [1.165, 1.54) is 17.7 Å². The Morgan fingerprint density at radius 3 is 3.00 bits per heavy atom. The van der Waals surface area contributed by atoms with Gasteiger partial charge in [0, 0.05) is 30.3 Å². The van der Waals surface area contributed by atoms with Crippen molar-refractivity contribution in [3.8, 4) is 11.5 Å². The van der Waals surface area contributed by atoms with Crippen LogP contribution in [0.1, 0.15) is 55.3 Å². The Kier molecular flexibility index (Phi) is 5.09. The molecule has 0 spiro atoms. The fourth-order valence-electron chi connectivity index (χ4n) is 3.66. The van der Waals surface area contributed by atoms with E-state index in [2.05, 4.69) is 28.9 Å². The molecule has 1 aliphatic heterocycles. The molecular formula is C19H27N3O2. The molecule has 1 aromatic carbocycles. The van der Waals surface area contributed by atoms with Gasteiger partial charge in [-0.2, -0.15) is 5.10 Å². The first-order chi connectivity index (χ1) is 11.6. The third kappa shape index (κ3) is 3.41. The normalized spacial score (nSPS) is 18.9. The van der Waals surface area contributed by atoms with Crippen LogP contribution in [-0.2, 0) is 6.54 Å². The first-order valence-corrected chi connectivity index (χ1v) is 8.70. The number of phenolic OH excluding ortho intramolecular Hbond substituents is 1. The van der Waals surface area contributed by atoms with E-state index in [4.69, 9.17) is 4.74 Å². The summed E-state index contributed by atoms with van der Waals surface area (Å²) < 4.78 is 5.41. The Morgan fingerprint density at radius 2 is 2.25 bits per heavy atom. The number of likely N-dealkylation sites (tertiary alicyclic amines) is 1. The highest BCUT2D eigenvalue weighted by molar-refractivity contribution is 5.43. The predicted molar refractivity (Wildman–Crippen MR) is 94.6 cm³/mol. The van der Waals surface area contributed by atoms with Crippen molar-refractivity contribution >= 4 is 0 Å². The summed E-state index contributed by atoms with van der Waals surface area (Å²) >= 11 is 0. The van der Waals surface area contributed by atoms with Crippen LogP contribution < -0.4 is 4.74 Å². The van der Waals surface area contributed by atoms with Crippen LogP contribution in [0, 0.1) is 0 Å². The van der Waals surface area contributed by atoms with Gasteiger partial charge in [-0.05, 0) is 43.0 Å². The fraction of sp³-hybridized carbons (Fsp3) is 0.526. The molecule has 3 rings (SSSR count). The average Bonchev–Trinajstić information content (AvgIpc) is 3.07. The molecule has 1 aliphatic rings. The van der Waals surface area contributed by atoms with Crippen molar-refractivity contribution < 1.29 is 9.84 Å². The highest BCUT2D eigenvalue weighted by Crippen LogP contribution is 2.34. The molecule has 0 radical (unpaired) electrons. The monoisotopic (exact) mass is 329 g/mol. The van der Waals surface area contributed by atoms with E-state index in [1.807, 2.05) is 18.3 Å². The molecule has 2 heterocycles. The largest absolute Gasteiger partial charge is 0.507 e. The predicted octanol–water partition coefficient (Wildman–Crippen LogP) is 3.63. The van der Waals surface area contributed by atoms with Crippen LogP contribution >= 0.6 is 0 Å². The molecule has 5 heteroatoms. The molecule has 24 heavy (non-hydrogen) atoms. The Morgan fingerprint density at radius 1 is 1.42 bits per heavy atom. The van der Waals surface area contributed by atoms with Crippen molar-refractivity contribution in [2.45, 2.75) is 45.1 Å². The molecular weight excluding hydrogens is 302 g/mol. The van der Waals surface area contributed by atoms with Gasteiger partial charge in [-0.15, -0.1) is 0 Å². The number of aromatic nitrogens is 2. The molecule has 130 valence electrons. The van der Waals surface area contributed by atoms with Crippen molar-refractivity contribution in [1.82, 2.24) is 15.1 Å². The van der Waals surface area contributed by atoms with Crippen LogP contribution in [0.15, 0.2) is 24.4 Å². The number of hydrogen-bond donors (Lipinski definition) is 2. The Hall–Kier alpha value is -2.01. The molecule has 2 N–H and O–H groups in total. The highest BCUT2D eigenvalue weighted by Gasteiger charge is 2.26. The second-order valence-electron chi connectivity index (χ2n) is 6.93. The lowest BCUT2D eigenvalue weighted by atomic mass is 9.89. The smallest absolute Gasteiger partial charge is 0.127 e. The summed E-state index contributed by atoms with van der Waals surface area (Å²) in [4.78, 5) is 2.40. The van der Waals surface area contributed by atoms with Crippen LogP contribution in [0.25, 0.3) is 0 Å². The third-order valence-corrected chi connectivity index (χ3v) is 4.95. The number of aromatic amines is 1. The average molecular weight is 329 g/mol. The zero-order valence-corrected chi connectivity index (χ0v) is 14.7. The number of phenols is 1. The Bertz CT molecular complexity index is 681. The fourth-order valence-corrected chi connectivity index (χ4v) is 3.66. The number of ether oxygens (including phenoxy) is 1. The van der Waals surface area contributed by atoms with Gasteiger partial charge in [0.2, 0.25) is 0 Å². The van der Waals surface area contributed by atoms with E-state index in [-0.39, 0.29) is 0 Å². The third-order valence-electron chi connectivity index (χ3n) is 4.95. The number of nitrogens with one attached hydrogen (secondary N) is 1. The minimum absolute atomic E-state index is 0.306. The van der Waals surface area contributed by atoms with Crippen LogP contribution in [0.5, 0.6) is 11.5 Å². The van der Waals surface area contributed by atoms with Gasteiger partial charge in [0.05, 0.1) is 13.3 Å². The lowest BCUT2D eigenvalue weighted by molar-refractivity contribution is 0.193. The number of nitrogens with zero attached hydrogens (tertiary/aromatic N) is 2. The molecule has 0 unspecified atom stereocenters. The molecule has 1 fully saturated rings. The zero-order valence-electron chi connectivity index (χ0n) is 14.7. The second-order valence-corrected chi connectivity index (χ2v) is 6.93. The Labute approximate surface area is 143 Å². The molecule has 0 saturated carbocycles. The van der Waals surface area contributed by atoms with Gasteiger partial charge in [-0.1, -0.05) is 19.9 Å². The summed E-state index contributed by atoms with van der Waals surface area (Å²) in [6.07, 6.45) is 4.29. The van der Waals surface area contributed by atoms with E-state index < -0.39 is 0 Å². The van der Waals surface area contributed by atoms with Crippen LogP contribution in [0.2, 0.25) is 0 Å². The van der Waals surface area contributed by atoms with Crippen LogP contribution in [0.3, 0.4) is 0 Å². The molecule has 1 saturated heterocycles. The van der Waals surface area contributed by atoms with E-state index in [9.17, 15) is 5.11 Å². The lowest BCUT2D eigenvalue weighted by Gasteiger charge is -2.33. The van der Waals surface area contributed by atoms with Crippen molar-refractivity contribution in [3.05, 3.63) is 41.2 Å². The molecule has 0 amide bonds. The summed E-state index contributed by atoms with van der Waals surface area (Å²) in [7, 11) is 1.65.